The number of aromatic nitrogens is 1. The van der Waals surface area contributed by atoms with E-state index in [2.05, 4.69) is 4.98 Å². The van der Waals surface area contributed by atoms with Crippen molar-refractivity contribution >= 4 is 23.2 Å². The van der Waals surface area contributed by atoms with Crippen molar-refractivity contribution in [3.05, 3.63) is 39.7 Å². The van der Waals surface area contributed by atoms with Crippen LogP contribution in [0.15, 0.2) is 23.0 Å². The van der Waals surface area contributed by atoms with E-state index in [1.807, 2.05) is 0 Å². The molecule has 0 unspecified atom stereocenters. The number of aldehydes is 1. The lowest BCUT2D eigenvalue weighted by Crippen LogP contribution is -2.08. The van der Waals surface area contributed by atoms with Gasteiger partial charge in [-0.05, 0) is 18.6 Å². The van der Waals surface area contributed by atoms with Crippen LogP contribution in [-0.2, 0) is 4.79 Å². The molecule has 0 bridgehead atoms. The second kappa shape index (κ2) is 4.44. The number of rotatable bonds is 2. The highest BCUT2D eigenvalue weighted by molar-refractivity contribution is 5.97. The van der Waals surface area contributed by atoms with E-state index in [0.717, 1.165) is 0 Å². The molecular formula is C13H11NO4. The number of esters is 1. The van der Waals surface area contributed by atoms with Crippen molar-refractivity contribution in [2.24, 2.45) is 0 Å². The van der Waals surface area contributed by atoms with Gasteiger partial charge >= 0.3 is 5.97 Å². The van der Waals surface area contributed by atoms with E-state index in [1.165, 1.54) is 13.0 Å². The minimum Gasteiger partial charge on any atom is -0.426 e. The molecule has 0 radical (unpaired) electrons. The maximum Gasteiger partial charge on any atom is 0.308 e. The number of hydrogen-bond acceptors (Lipinski definition) is 4. The van der Waals surface area contributed by atoms with Gasteiger partial charge in [0.25, 0.3) is 0 Å². The fourth-order valence-electron chi connectivity index (χ4n) is 1.78. The van der Waals surface area contributed by atoms with Crippen molar-refractivity contribution in [1.82, 2.24) is 4.98 Å². The minimum absolute atomic E-state index is 0.311. The van der Waals surface area contributed by atoms with Crippen molar-refractivity contribution in [2.75, 3.05) is 0 Å². The van der Waals surface area contributed by atoms with Gasteiger partial charge in [-0.2, -0.15) is 0 Å². The van der Waals surface area contributed by atoms with Gasteiger partial charge in [-0.3, -0.25) is 14.4 Å². The van der Waals surface area contributed by atoms with Gasteiger partial charge in [-0.1, -0.05) is 0 Å². The summed E-state index contributed by atoms with van der Waals surface area (Å²) in [4.78, 5) is 35.8. The number of hydrogen-bond donors (Lipinski definition) is 1. The third-order valence-electron chi connectivity index (χ3n) is 2.55. The Morgan fingerprint density at radius 3 is 2.67 bits per heavy atom. The van der Waals surface area contributed by atoms with Gasteiger partial charge in [0.15, 0.2) is 6.29 Å². The molecular weight excluding hydrogens is 234 g/mol. The average molecular weight is 245 g/mol. The summed E-state index contributed by atoms with van der Waals surface area (Å²) in [6, 6.07) is 4.48. The molecule has 0 aliphatic carbocycles. The van der Waals surface area contributed by atoms with Crippen LogP contribution < -0.4 is 10.3 Å². The predicted molar refractivity (Wildman–Crippen MR) is 66.0 cm³/mol. The molecule has 0 atom stereocenters. The summed E-state index contributed by atoms with van der Waals surface area (Å²) in [5.41, 5.74) is 1.12. The standard InChI is InChI=1S/C13H11NO4/c1-7-3-10-9(6-15)4-13(17)14-11(10)5-12(7)18-8(2)16/h3-6H,1-2H3,(H,14,17). The van der Waals surface area contributed by atoms with Crippen LogP contribution in [-0.4, -0.2) is 17.2 Å². The van der Waals surface area contributed by atoms with Crippen LogP contribution in [0.2, 0.25) is 0 Å². The molecule has 0 aliphatic heterocycles. The second-order valence-electron chi connectivity index (χ2n) is 3.96. The van der Waals surface area contributed by atoms with E-state index >= 15 is 0 Å². The summed E-state index contributed by atoms with van der Waals surface area (Å²) >= 11 is 0. The third kappa shape index (κ3) is 2.15. The molecule has 0 saturated heterocycles. The van der Waals surface area contributed by atoms with Crippen molar-refractivity contribution in [3.63, 3.8) is 0 Å². The van der Waals surface area contributed by atoms with Crippen molar-refractivity contribution in [2.45, 2.75) is 13.8 Å². The van der Waals surface area contributed by atoms with E-state index in [0.29, 0.717) is 34.1 Å². The Labute approximate surface area is 102 Å². The Kier molecular flexibility index (Phi) is 2.97. The summed E-state index contributed by atoms with van der Waals surface area (Å²) in [7, 11) is 0. The summed E-state index contributed by atoms with van der Waals surface area (Å²) in [6.45, 7) is 3.06. The highest BCUT2D eigenvalue weighted by atomic mass is 16.5. The molecule has 18 heavy (non-hydrogen) atoms. The van der Waals surface area contributed by atoms with Crippen LogP contribution in [0, 0.1) is 6.92 Å². The summed E-state index contributed by atoms with van der Waals surface area (Å²) < 4.78 is 5.02. The fraction of sp³-hybridized carbons (Fsp3) is 0.154. The summed E-state index contributed by atoms with van der Waals surface area (Å²) in [5, 5.41) is 0.623. The molecule has 0 spiro atoms. The zero-order valence-electron chi connectivity index (χ0n) is 9.94. The number of carbonyl (C=O) groups excluding carboxylic acids is 2. The molecule has 2 rings (SSSR count). The fourth-order valence-corrected chi connectivity index (χ4v) is 1.78. The minimum atomic E-state index is -0.439. The lowest BCUT2D eigenvalue weighted by Gasteiger charge is -2.08. The molecule has 1 aromatic heterocycles. The van der Waals surface area contributed by atoms with Gasteiger partial charge in [0, 0.05) is 30.0 Å². The normalized spacial score (nSPS) is 10.3. The van der Waals surface area contributed by atoms with Crippen LogP contribution in [0.5, 0.6) is 5.75 Å². The van der Waals surface area contributed by atoms with Gasteiger partial charge in [0.1, 0.15) is 5.75 Å². The number of ether oxygens (including phenoxy) is 1. The molecule has 1 N–H and O–H groups in total. The third-order valence-corrected chi connectivity index (χ3v) is 2.55. The van der Waals surface area contributed by atoms with Gasteiger partial charge in [0.2, 0.25) is 5.56 Å². The largest absolute Gasteiger partial charge is 0.426 e. The Morgan fingerprint density at radius 2 is 2.06 bits per heavy atom. The van der Waals surface area contributed by atoms with Crippen molar-refractivity contribution in [3.8, 4) is 5.75 Å². The Bertz CT molecular complexity index is 700. The Morgan fingerprint density at radius 1 is 1.33 bits per heavy atom. The van der Waals surface area contributed by atoms with Gasteiger partial charge in [-0.15, -0.1) is 0 Å². The van der Waals surface area contributed by atoms with E-state index in [-0.39, 0.29) is 5.56 Å². The quantitative estimate of drug-likeness (QED) is 0.495. The highest BCUT2D eigenvalue weighted by Gasteiger charge is 2.09. The lowest BCUT2D eigenvalue weighted by atomic mass is 10.1. The number of H-pyrrole nitrogens is 1. The van der Waals surface area contributed by atoms with E-state index in [4.69, 9.17) is 4.74 Å². The molecule has 0 amide bonds. The summed E-state index contributed by atoms with van der Waals surface area (Å²) in [6.07, 6.45) is 0.627. The van der Waals surface area contributed by atoms with Gasteiger partial charge in [0.05, 0.1) is 5.52 Å². The number of aromatic amines is 1. The van der Waals surface area contributed by atoms with Gasteiger partial charge < -0.3 is 9.72 Å². The van der Waals surface area contributed by atoms with Crippen LogP contribution in [0.4, 0.5) is 0 Å². The summed E-state index contributed by atoms with van der Waals surface area (Å²) in [5.74, 6) is -0.0694. The van der Waals surface area contributed by atoms with E-state index < -0.39 is 5.97 Å². The van der Waals surface area contributed by atoms with Crippen LogP contribution >= 0.6 is 0 Å². The van der Waals surface area contributed by atoms with Crippen molar-refractivity contribution in [1.29, 1.82) is 0 Å². The molecule has 0 saturated carbocycles. The van der Waals surface area contributed by atoms with Gasteiger partial charge in [-0.25, -0.2) is 0 Å². The molecule has 5 heteroatoms. The zero-order chi connectivity index (χ0) is 13.3. The maximum atomic E-state index is 11.4. The van der Waals surface area contributed by atoms with E-state index in [9.17, 15) is 14.4 Å². The molecule has 5 nitrogen and oxygen atoms in total. The first-order chi connectivity index (χ1) is 8.51. The molecule has 92 valence electrons. The molecule has 0 fully saturated rings. The number of aryl methyl sites for hydroxylation is 1. The Balaban J connectivity index is 2.75. The van der Waals surface area contributed by atoms with Crippen LogP contribution in [0.1, 0.15) is 22.8 Å². The SMILES string of the molecule is CC(=O)Oc1cc2[nH]c(=O)cc(C=O)c2cc1C. The number of fused-ring (bicyclic) bond motifs is 1. The molecule has 1 heterocycles. The topological polar surface area (TPSA) is 76.2 Å². The Hall–Kier alpha value is -2.43. The predicted octanol–water partition coefficient (Wildman–Crippen LogP) is 1.57. The smallest absolute Gasteiger partial charge is 0.308 e. The number of pyridine rings is 1. The average Bonchev–Trinajstić information content (AvgIpc) is 2.29. The highest BCUT2D eigenvalue weighted by Crippen LogP contribution is 2.25. The first-order valence-electron chi connectivity index (χ1n) is 5.32. The first-order valence-corrected chi connectivity index (χ1v) is 5.32. The number of carbonyl (C=O) groups is 2. The second-order valence-corrected chi connectivity index (χ2v) is 3.96. The zero-order valence-corrected chi connectivity index (χ0v) is 9.94. The number of nitrogens with one attached hydrogen (secondary N) is 1. The van der Waals surface area contributed by atoms with Crippen molar-refractivity contribution < 1.29 is 14.3 Å². The number of benzene rings is 1. The monoisotopic (exact) mass is 245 g/mol. The lowest BCUT2D eigenvalue weighted by molar-refractivity contribution is -0.131. The molecule has 1 aromatic carbocycles. The van der Waals surface area contributed by atoms with E-state index in [1.54, 1.807) is 19.1 Å². The first kappa shape index (κ1) is 12.0. The maximum absolute atomic E-state index is 11.4. The van der Waals surface area contributed by atoms with Crippen LogP contribution in [0.25, 0.3) is 10.9 Å². The molecule has 2 aromatic rings. The molecule has 0 aliphatic rings. The van der Waals surface area contributed by atoms with Crippen LogP contribution in [0.3, 0.4) is 0 Å².